The molecule has 4 rings (SSSR count). The molecule has 3 aromatic rings. The molecule has 2 aromatic carbocycles. The van der Waals surface area contributed by atoms with Crippen molar-refractivity contribution in [3.8, 4) is 0 Å². The van der Waals surface area contributed by atoms with Crippen LogP contribution in [0.25, 0.3) is 10.9 Å². The van der Waals surface area contributed by atoms with Crippen LogP contribution in [0.3, 0.4) is 0 Å². The third-order valence-electron chi connectivity index (χ3n) is 5.74. The molecule has 1 atom stereocenters. The highest BCUT2D eigenvalue weighted by Crippen LogP contribution is 2.36. The van der Waals surface area contributed by atoms with Gasteiger partial charge in [0.15, 0.2) is 0 Å². The zero-order chi connectivity index (χ0) is 20.4. The van der Waals surface area contributed by atoms with Gasteiger partial charge in [0, 0.05) is 29.6 Å². The molecule has 5 heteroatoms. The molecule has 0 saturated carbocycles. The molecular weight excluding hydrogens is 367 g/mol. The maximum atomic E-state index is 14.3. The van der Waals surface area contributed by atoms with Gasteiger partial charge in [0.05, 0.1) is 6.61 Å². The number of hydrogen-bond acceptors (Lipinski definition) is 3. The second kappa shape index (κ2) is 8.37. The highest BCUT2D eigenvalue weighted by atomic mass is 19.1. The van der Waals surface area contributed by atoms with Gasteiger partial charge in [-0.2, -0.15) is 0 Å². The van der Waals surface area contributed by atoms with E-state index in [1.807, 2.05) is 44.2 Å². The van der Waals surface area contributed by atoms with Crippen molar-refractivity contribution in [2.24, 2.45) is 0 Å². The van der Waals surface area contributed by atoms with Crippen LogP contribution in [0.1, 0.15) is 52.9 Å². The second-order valence-corrected chi connectivity index (χ2v) is 7.85. The average Bonchev–Trinajstić information content (AvgIpc) is 3.10. The number of hydrogen-bond donors (Lipinski definition) is 1. The lowest BCUT2D eigenvalue weighted by Crippen LogP contribution is -2.34. The van der Waals surface area contributed by atoms with Crippen LogP contribution in [0.2, 0.25) is 0 Å². The number of H-pyrrole nitrogens is 1. The first-order chi connectivity index (χ1) is 14.1. The Morgan fingerprint density at radius 3 is 2.90 bits per heavy atom. The smallest absolute Gasteiger partial charge is 0.355 e. The monoisotopic (exact) mass is 394 g/mol. The minimum absolute atomic E-state index is 0.147. The van der Waals surface area contributed by atoms with E-state index in [9.17, 15) is 9.18 Å². The number of aryl methyl sites for hydroxylation is 1. The largest absolute Gasteiger partial charge is 0.461 e. The number of esters is 1. The number of piperidine rings is 1. The van der Waals surface area contributed by atoms with Gasteiger partial charge in [-0.25, -0.2) is 9.18 Å². The predicted octanol–water partition coefficient (Wildman–Crippen LogP) is 5.17. The van der Waals surface area contributed by atoms with E-state index in [1.54, 1.807) is 6.07 Å². The van der Waals surface area contributed by atoms with Gasteiger partial charge in [0.1, 0.15) is 11.5 Å². The fourth-order valence-electron chi connectivity index (χ4n) is 4.41. The summed E-state index contributed by atoms with van der Waals surface area (Å²) >= 11 is 0. The predicted molar refractivity (Wildman–Crippen MR) is 113 cm³/mol. The molecule has 1 aliphatic rings. The van der Waals surface area contributed by atoms with Crippen LogP contribution >= 0.6 is 0 Å². The zero-order valence-electron chi connectivity index (χ0n) is 17.0. The molecule has 1 aliphatic heterocycles. The van der Waals surface area contributed by atoms with E-state index in [4.69, 9.17) is 4.74 Å². The first kappa shape index (κ1) is 19.6. The first-order valence-electron chi connectivity index (χ1n) is 10.3. The van der Waals surface area contributed by atoms with Crippen LogP contribution in [0.5, 0.6) is 0 Å². The van der Waals surface area contributed by atoms with Crippen molar-refractivity contribution in [3.05, 3.63) is 70.7 Å². The number of nitrogens with zero attached hydrogens (tertiary/aromatic N) is 1. The summed E-state index contributed by atoms with van der Waals surface area (Å²) < 4.78 is 19.7. The van der Waals surface area contributed by atoms with Crippen LogP contribution in [0, 0.1) is 12.7 Å². The minimum Gasteiger partial charge on any atom is -0.461 e. The van der Waals surface area contributed by atoms with Gasteiger partial charge < -0.3 is 9.72 Å². The lowest BCUT2D eigenvalue weighted by atomic mass is 9.88. The number of ether oxygens (including phenoxy) is 1. The Labute approximate surface area is 170 Å². The third-order valence-corrected chi connectivity index (χ3v) is 5.74. The molecule has 0 radical (unpaired) electrons. The Kier molecular flexibility index (Phi) is 5.67. The molecule has 0 amide bonds. The number of carbonyl (C=O) groups excluding carboxylic acids is 1. The van der Waals surface area contributed by atoms with Crippen LogP contribution in [-0.2, 0) is 11.3 Å². The number of halogens is 1. The highest BCUT2D eigenvalue weighted by molar-refractivity contribution is 5.98. The molecule has 29 heavy (non-hydrogen) atoms. The van der Waals surface area contributed by atoms with Crippen LogP contribution in [0.4, 0.5) is 4.39 Å². The first-order valence-corrected chi connectivity index (χ1v) is 10.3. The topological polar surface area (TPSA) is 45.3 Å². The fraction of sp³-hybridized carbons (Fsp3) is 0.375. The van der Waals surface area contributed by atoms with E-state index >= 15 is 0 Å². The summed E-state index contributed by atoms with van der Waals surface area (Å²) in [5.74, 6) is -0.250. The van der Waals surface area contributed by atoms with Crippen molar-refractivity contribution in [1.82, 2.24) is 9.88 Å². The summed E-state index contributed by atoms with van der Waals surface area (Å²) in [5.41, 5.74) is 4.20. The quantitative estimate of drug-likeness (QED) is 0.607. The number of likely N-dealkylation sites (tertiary alicyclic amines) is 1. The maximum absolute atomic E-state index is 14.3. The molecule has 1 saturated heterocycles. The minimum atomic E-state index is -0.305. The molecule has 0 spiro atoms. The summed E-state index contributed by atoms with van der Waals surface area (Å²) in [6.07, 6.45) is 2.01. The molecule has 1 unspecified atom stereocenters. The summed E-state index contributed by atoms with van der Waals surface area (Å²) in [4.78, 5) is 18.2. The Balaban J connectivity index is 1.63. The standard InChI is InChI=1S/C24H27FN2O2/c1-3-29-24(28)23-22(19-8-4-5-9-21(19)26-23)18-7-6-12-27(15-18)14-17-11-10-16(2)13-20(17)25/h4-5,8-11,13,18,26H,3,6-7,12,14-15H2,1-2H3. The van der Waals surface area contributed by atoms with Crippen LogP contribution in [0.15, 0.2) is 42.5 Å². The number of nitrogens with one attached hydrogen (secondary N) is 1. The van der Waals surface area contributed by atoms with E-state index in [2.05, 4.69) is 16.0 Å². The van der Waals surface area contributed by atoms with Crippen molar-refractivity contribution in [2.75, 3.05) is 19.7 Å². The van der Waals surface area contributed by atoms with Gasteiger partial charge in [-0.3, -0.25) is 4.90 Å². The normalized spacial score (nSPS) is 17.6. The summed E-state index contributed by atoms with van der Waals surface area (Å²) in [5, 5.41) is 1.07. The summed E-state index contributed by atoms with van der Waals surface area (Å²) in [6, 6.07) is 13.4. The number of aromatic amines is 1. The molecule has 1 fully saturated rings. The molecule has 2 heterocycles. The SMILES string of the molecule is CCOC(=O)c1[nH]c2ccccc2c1C1CCCN(Cc2ccc(C)cc2F)C1. The lowest BCUT2D eigenvalue weighted by molar-refractivity contribution is 0.0517. The summed E-state index contributed by atoms with van der Waals surface area (Å²) in [7, 11) is 0. The molecule has 1 aromatic heterocycles. The third kappa shape index (κ3) is 4.06. The average molecular weight is 394 g/mol. The van der Waals surface area contributed by atoms with Crippen molar-refractivity contribution in [3.63, 3.8) is 0 Å². The van der Waals surface area contributed by atoms with Crippen molar-refractivity contribution in [1.29, 1.82) is 0 Å². The molecular formula is C24H27FN2O2. The number of fused-ring (bicyclic) bond motifs is 1. The van der Waals surface area contributed by atoms with E-state index in [0.29, 0.717) is 18.8 Å². The molecule has 152 valence electrons. The molecule has 0 bridgehead atoms. The Morgan fingerprint density at radius 2 is 2.10 bits per heavy atom. The number of aromatic nitrogens is 1. The number of para-hydroxylation sites is 1. The molecule has 1 N–H and O–H groups in total. The van der Waals surface area contributed by atoms with Gasteiger partial charge in [-0.1, -0.05) is 30.3 Å². The zero-order valence-corrected chi connectivity index (χ0v) is 17.0. The van der Waals surface area contributed by atoms with Crippen molar-refractivity contribution in [2.45, 2.75) is 39.2 Å². The molecule has 0 aliphatic carbocycles. The van der Waals surface area contributed by atoms with Crippen LogP contribution in [-0.4, -0.2) is 35.5 Å². The Bertz CT molecular complexity index is 1030. The van der Waals surface area contributed by atoms with E-state index in [0.717, 1.165) is 53.5 Å². The van der Waals surface area contributed by atoms with E-state index < -0.39 is 0 Å². The second-order valence-electron chi connectivity index (χ2n) is 7.85. The van der Waals surface area contributed by atoms with E-state index in [-0.39, 0.29) is 17.7 Å². The van der Waals surface area contributed by atoms with Crippen LogP contribution < -0.4 is 0 Å². The number of carbonyl (C=O) groups is 1. The fourth-order valence-corrected chi connectivity index (χ4v) is 4.41. The highest BCUT2D eigenvalue weighted by Gasteiger charge is 2.29. The van der Waals surface area contributed by atoms with Gasteiger partial charge in [-0.15, -0.1) is 0 Å². The Morgan fingerprint density at radius 1 is 1.28 bits per heavy atom. The van der Waals surface area contributed by atoms with Gasteiger partial charge in [-0.05, 0) is 62.4 Å². The van der Waals surface area contributed by atoms with Gasteiger partial charge in [0.25, 0.3) is 0 Å². The van der Waals surface area contributed by atoms with Crippen molar-refractivity contribution < 1.29 is 13.9 Å². The lowest BCUT2D eigenvalue weighted by Gasteiger charge is -2.33. The van der Waals surface area contributed by atoms with E-state index in [1.165, 1.54) is 0 Å². The maximum Gasteiger partial charge on any atom is 0.355 e. The Hall–Kier alpha value is -2.66. The van der Waals surface area contributed by atoms with Crippen molar-refractivity contribution >= 4 is 16.9 Å². The molecule has 4 nitrogen and oxygen atoms in total. The van der Waals surface area contributed by atoms with Gasteiger partial charge in [0.2, 0.25) is 0 Å². The summed E-state index contributed by atoms with van der Waals surface area (Å²) in [6.45, 7) is 6.37. The van der Waals surface area contributed by atoms with Gasteiger partial charge >= 0.3 is 5.97 Å². The number of benzene rings is 2. The number of rotatable bonds is 5.